The summed E-state index contributed by atoms with van der Waals surface area (Å²) in [6.45, 7) is 0.193. The molecule has 10 heteroatoms. The summed E-state index contributed by atoms with van der Waals surface area (Å²) in [4.78, 5) is 40.0. The van der Waals surface area contributed by atoms with E-state index in [1.165, 1.54) is 18.2 Å². The van der Waals surface area contributed by atoms with E-state index in [0.29, 0.717) is 41.2 Å². The third-order valence-corrected chi connectivity index (χ3v) is 6.82. The minimum Gasteiger partial charge on any atom is -0.490 e. The van der Waals surface area contributed by atoms with Crippen molar-refractivity contribution in [3.05, 3.63) is 84.2 Å². The Morgan fingerprint density at radius 1 is 0.923 bits per heavy atom. The maximum Gasteiger partial charge on any atom is 0.323 e. The Morgan fingerprint density at radius 2 is 1.67 bits per heavy atom. The molecule has 2 aliphatic heterocycles. The average Bonchev–Trinajstić information content (AvgIpc) is 2.91. The van der Waals surface area contributed by atoms with Crippen LogP contribution in [0.25, 0.3) is 0 Å². The second kappa shape index (κ2) is 11.5. The van der Waals surface area contributed by atoms with Crippen molar-refractivity contribution in [1.82, 2.24) is 4.90 Å². The second-order valence-electron chi connectivity index (χ2n) is 9.59. The van der Waals surface area contributed by atoms with Crippen LogP contribution in [-0.4, -0.2) is 54.6 Å². The summed E-state index contributed by atoms with van der Waals surface area (Å²) in [5.74, 6) is -0.573. The minimum absolute atomic E-state index is 0.105. The molecule has 4 amide bonds. The number of likely N-dealkylation sites (N-methyl/N-ethyl adjacent to an activating group) is 1. The van der Waals surface area contributed by atoms with Crippen molar-refractivity contribution in [3.63, 3.8) is 0 Å². The molecular formula is C29H29FN4O5. The molecule has 0 aromatic heterocycles. The maximum atomic E-state index is 13.4. The van der Waals surface area contributed by atoms with Gasteiger partial charge in [-0.25, -0.2) is 9.18 Å². The Balaban J connectivity index is 1.22. The number of fused-ring (bicyclic) bond motifs is 2. The Morgan fingerprint density at radius 3 is 2.46 bits per heavy atom. The van der Waals surface area contributed by atoms with Gasteiger partial charge in [-0.1, -0.05) is 24.3 Å². The molecule has 2 heterocycles. The highest BCUT2D eigenvalue weighted by Crippen LogP contribution is 2.32. The van der Waals surface area contributed by atoms with Crippen LogP contribution in [-0.2, 0) is 9.53 Å². The van der Waals surface area contributed by atoms with Crippen LogP contribution >= 0.6 is 0 Å². The molecule has 0 saturated carbocycles. The Kier molecular flexibility index (Phi) is 7.74. The number of anilines is 3. The van der Waals surface area contributed by atoms with Crippen molar-refractivity contribution in [1.29, 1.82) is 0 Å². The van der Waals surface area contributed by atoms with Crippen LogP contribution in [0, 0.1) is 5.82 Å². The predicted octanol–water partition coefficient (Wildman–Crippen LogP) is 4.88. The summed E-state index contributed by atoms with van der Waals surface area (Å²) in [5, 5.41) is 8.19. The summed E-state index contributed by atoms with van der Waals surface area (Å²) < 4.78 is 25.6. The number of nitrogens with zero attached hydrogens (tertiary/aromatic N) is 1. The quantitative estimate of drug-likeness (QED) is 0.434. The van der Waals surface area contributed by atoms with Crippen LogP contribution in [0.15, 0.2) is 72.8 Å². The summed E-state index contributed by atoms with van der Waals surface area (Å²) in [5.41, 5.74) is 1.82. The Hall–Kier alpha value is -4.44. The molecule has 2 aliphatic rings. The molecule has 3 aromatic rings. The molecular weight excluding hydrogens is 503 g/mol. The molecule has 0 radical (unpaired) electrons. The first-order chi connectivity index (χ1) is 18.9. The number of amides is 4. The van der Waals surface area contributed by atoms with E-state index in [-0.39, 0.29) is 37.0 Å². The molecule has 1 saturated heterocycles. The predicted molar refractivity (Wildman–Crippen MR) is 144 cm³/mol. The first-order valence-electron chi connectivity index (χ1n) is 12.7. The normalized spacial score (nSPS) is 20.4. The highest BCUT2D eigenvalue weighted by molar-refractivity contribution is 6.02. The van der Waals surface area contributed by atoms with E-state index in [1.807, 2.05) is 18.2 Å². The number of nitrogens with one attached hydrogen (secondary N) is 3. The van der Waals surface area contributed by atoms with E-state index >= 15 is 0 Å². The largest absolute Gasteiger partial charge is 0.490 e. The van der Waals surface area contributed by atoms with E-state index in [2.05, 4.69) is 16.0 Å². The van der Waals surface area contributed by atoms with Crippen LogP contribution in [0.5, 0.6) is 5.75 Å². The number of rotatable bonds is 5. The van der Waals surface area contributed by atoms with Crippen molar-refractivity contribution in [2.45, 2.75) is 37.5 Å². The topological polar surface area (TPSA) is 109 Å². The highest BCUT2D eigenvalue weighted by atomic mass is 19.1. The molecule has 5 rings (SSSR count). The van der Waals surface area contributed by atoms with Crippen LogP contribution < -0.4 is 20.7 Å². The van der Waals surface area contributed by atoms with Crippen LogP contribution in [0.4, 0.5) is 26.2 Å². The van der Waals surface area contributed by atoms with E-state index in [1.54, 1.807) is 48.3 Å². The number of hydrogen-bond donors (Lipinski definition) is 3. The van der Waals surface area contributed by atoms with Gasteiger partial charge in [-0.15, -0.1) is 0 Å². The van der Waals surface area contributed by atoms with E-state index in [0.717, 1.165) is 0 Å². The van der Waals surface area contributed by atoms with Gasteiger partial charge in [0, 0.05) is 24.1 Å². The maximum absolute atomic E-state index is 13.4. The first-order valence-corrected chi connectivity index (χ1v) is 12.7. The van der Waals surface area contributed by atoms with Crippen molar-refractivity contribution in [2.24, 2.45) is 0 Å². The number of ether oxygens (including phenoxy) is 2. The molecule has 3 N–H and O–H groups in total. The number of carbonyl (C=O) groups is 3. The zero-order valence-corrected chi connectivity index (χ0v) is 21.4. The van der Waals surface area contributed by atoms with Crippen molar-refractivity contribution in [3.8, 4) is 5.75 Å². The van der Waals surface area contributed by atoms with E-state index < -0.39 is 18.0 Å². The van der Waals surface area contributed by atoms with Crippen LogP contribution in [0.1, 0.15) is 29.6 Å². The lowest BCUT2D eigenvalue weighted by Gasteiger charge is -2.42. The van der Waals surface area contributed by atoms with Gasteiger partial charge >= 0.3 is 6.03 Å². The zero-order valence-electron chi connectivity index (χ0n) is 21.4. The Labute approximate surface area is 225 Å². The fourth-order valence-corrected chi connectivity index (χ4v) is 4.91. The molecule has 0 aliphatic carbocycles. The number of benzene rings is 3. The molecule has 39 heavy (non-hydrogen) atoms. The molecule has 0 unspecified atom stereocenters. The number of hydrogen-bond acceptors (Lipinski definition) is 5. The van der Waals surface area contributed by atoms with Gasteiger partial charge in [0.2, 0.25) is 5.91 Å². The zero-order chi connectivity index (χ0) is 27.4. The van der Waals surface area contributed by atoms with Gasteiger partial charge in [0.1, 0.15) is 24.3 Å². The van der Waals surface area contributed by atoms with Gasteiger partial charge in [-0.3, -0.25) is 9.59 Å². The third-order valence-electron chi connectivity index (χ3n) is 6.82. The fraction of sp³-hybridized carbons (Fsp3) is 0.276. The van der Waals surface area contributed by atoms with Crippen LogP contribution in [0.3, 0.4) is 0 Å². The third kappa shape index (κ3) is 6.35. The molecule has 3 aromatic carbocycles. The first kappa shape index (κ1) is 26.2. The molecule has 202 valence electrons. The second-order valence-corrected chi connectivity index (χ2v) is 9.59. The Bertz CT molecular complexity index is 1370. The smallest absolute Gasteiger partial charge is 0.323 e. The lowest BCUT2D eigenvalue weighted by molar-refractivity contribution is -0.130. The number of halogens is 1. The number of para-hydroxylation sites is 1. The SMILES string of the molecule is CN1C(=O)c2cc(NC(=O)Nc3ccccc3)ccc2OC[C@H]2O[C@@H](CC(=O)Nc3cccc(F)c3)CC[C@@H]21. The lowest BCUT2D eigenvalue weighted by Crippen LogP contribution is -2.53. The molecule has 0 bridgehead atoms. The lowest BCUT2D eigenvalue weighted by atomic mass is 9.94. The van der Waals surface area contributed by atoms with Gasteiger partial charge in [0.25, 0.3) is 5.91 Å². The van der Waals surface area contributed by atoms with Gasteiger partial charge in [0.15, 0.2) is 0 Å². The van der Waals surface area contributed by atoms with Gasteiger partial charge in [0.05, 0.1) is 24.1 Å². The standard InChI is InChI=1S/C29H29FN4O5/c1-34-24-12-11-22(16-27(35)31-20-9-5-6-18(30)14-20)39-26(24)17-38-25-13-10-21(15-23(25)28(34)36)33-29(37)32-19-7-3-2-4-8-19/h2-10,13-15,22,24,26H,11-12,16-17H2,1H3,(H,31,35)(H2,32,33,37)/t22-,24+,26-/m1/s1. The van der Waals surface area contributed by atoms with Gasteiger partial charge in [-0.05, 0) is 61.4 Å². The minimum atomic E-state index is -0.429. The van der Waals surface area contributed by atoms with E-state index in [4.69, 9.17) is 9.47 Å². The monoisotopic (exact) mass is 532 g/mol. The van der Waals surface area contributed by atoms with Crippen molar-refractivity contribution >= 4 is 34.9 Å². The van der Waals surface area contributed by atoms with E-state index in [9.17, 15) is 18.8 Å². The highest BCUT2D eigenvalue weighted by Gasteiger charge is 2.39. The van der Waals surface area contributed by atoms with Crippen molar-refractivity contribution in [2.75, 3.05) is 29.6 Å². The number of carbonyl (C=O) groups excluding carboxylic acids is 3. The van der Waals surface area contributed by atoms with Gasteiger partial charge < -0.3 is 30.3 Å². The fourth-order valence-electron chi connectivity index (χ4n) is 4.91. The van der Waals surface area contributed by atoms with Crippen LogP contribution in [0.2, 0.25) is 0 Å². The average molecular weight is 533 g/mol. The number of urea groups is 1. The molecule has 9 nitrogen and oxygen atoms in total. The molecule has 0 spiro atoms. The molecule has 3 atom stereocenters. The molecule has 1 fully saturated rings. The van der Waals surface area contributed by atoms with Gasteiger partial charge in [-0.2, -0.15) is 0 Å². The summed E-state index contributed by atoms with van der Waals surface area (Å²) in [6, 6.07) is 19.0. The van der Waals surface area contributed by atoms with Crippen molar-refractivity contribution < 1.29 is 28.2 Å². The summed E-state index contributed by atoms with van der Waals surface area (Å²) >= 11 is 0. The summed E-state index contributed by atoms with van der Waals surface area (Å²) in [6.07, 6.45) is 0.515. The summed E-state index contributed by atoms with van der Waals surface area (Å²) in [7, 11) is 1.72.